The van der Waals surface area contributed by atoms with Gasteiger partial charge in [-0.2, -0.15) is 0 Å². The van der Waals surface area contributed by atoms with Crippen molar-refractivity contribution in [3.8, 4) is 5.75 Å². The summed E-state index contributed by atoms with van der Waals surface area (Å²) >= 11 is 0. The Kier molecular flexibility index (Phi) is 2.41. The third-order valence-corrected chi connectivity index (χ3v) is 2.54. The molecule has 0 saturated heterocycles. The molecule has 0 radical (unpaired) electrons. The molecule has 0 atom stereocenters. The molecule has 4 heteroatoms. The van der Waals surface area contributed by atoms with E-state index in [4.69, 9.17) is 4.84 Å². The van der Waals surface area contributed by atoms with Gasteiger partial charge in [0.25, 0.3) is 0 Å². The molecule has 1 aliphatic rings. The zero-order valence-electron chi connectivity index (χ0n) is 8.82. The first-order valence-corrected chi connectivity index (χ1v) is 4.93. The summed E-state index contributed by atoms with van der Waals surface area (Å²) in [6.07, 6.45) is 4.13. The van der Waals surface area contributed by atoms with Gasteiger partial charge in [-0.15, -0.1) is 5.17 Å². The molecule has 0 unspecified atom stereocenters. The second kappa shape index (κ2) is 3.73. The lowest BCUT2D eigenvalue weighted by Crippen LogP contribution is -2.29. The number of hydrogen-bond donors (Lipinski definition) is 2. The zero-order valence-corrected chi connectivity index (χ0v) is 8.82. The average Bonchev–Trinajstić information content (AvgIpc) is 2.75. The van der Waals surface area contributed by atoms with E-state index in [-0.39, 0.29) is 0 Å². The second-order valence-corrected chi connectivity index (χ2v) is 3.39. The Balaban J connectivity index is 2.42. The van der Waals surface area contributed by atoms with Crippen LogP contribution in [0.15, 0.2) is 24.6 Å². The van der Waals surface area contributed by atoms with E-state index in [1.54, 1.807) is 23.7 Å². The third kappa shape index (κ3) is 1.58. The highest BCUT2D eigenvalue weighted by molar-refractivity contribution is 5.59. The number of nitrogens with zero attached hydrogens (tertiary/aromatic N) is 1. The van der Waals surface area contributed by atoms with E-state index in [0.29, 0.717) is 5.75 Å². The average molecular weight is 206 g/mol. The van der Waals surface area contributed by atoms with Gasteiger partial charge in [-0.1, -0.05) is 6.92 Å². The van der Waals surface area contributed by atoms with Crippen molar-refractivity contribution in [1.82, 2.24) is 5.43 Å². The molecule has 4 nitrogen and oxygen atoms in total. The summed E-state index contributed by atoms with van der Waals surface area (Å²) in [5.41, 5.74) is 5.84. The molecule has 0 saturated carbocycles. The fourth-order valence-corrected chi connectivity index (χ4v) is 1.71. The maximum absolute atomic E-state index is 9.60. The van der Waals surface area contributed by atoms with Crippen LogP contribution in [-0.4, -0.2) is 5.11 Å². The van der Waals surface area contributed by atoms with Gasteiger partial charge in [0.1, 0.15) is 17.7 Å². The minimum absolute atomic E-state index is 0.322. The van der Waals surface area contributed by atoms with E-state index in [9.17, 15) is 5.11 Å². The molecule has 2 N–H and O–H groups in total. The lowest BCUT2D eigenvalue weighted by molar-refractivity contribution is 0.221. The SMILES string of the molecule is CCc1c(N2NC=CO2)ccc(O)c1C. The van der Waals surface area contributed by atoms with Crippen LogP contribution >= 0.6 is 0 Å². The van der Waals surface area contributed by atoms with Crippen molar-refractivity contribution in [2.75, 3.05) is 5.17 Å². The topological polar surface area (TPSA) is 44.7 Å². The Labute approximate surface area is 88.7 Å². The Morgan fingerprint density at radius 2 is 2.27 bits per heavy atom. The lowest BCUT2D eigenvalue weighted by Gasteiger charge is -2.21. The van der Waals surface area contributed by atoms with Gasteiger partial charge in [0.05, 0.1) is 6.20 Å². The molecule has 80 valence electrons. The van der Waals surface area contributed by atoms with Gasteiger partial charge in [0.2, 0.25) is 0 Å². The lowest BCUT2D eigenvalue weighted by atomic mass is 10.0. The Bertz CT molecular complexity index is 394. The molecule has 1 aromatic rings. The Morgan fingerprint density at radius 3 is 2.87 bits per heavy atom. The Hall–Kier alpha value is -1.84. The standard InChI is InChI=1S/C11H14N2O2/c1-3-9-8(2)11(14)5-4-10(9)13-12-6-7-15-13/h4-7,12,14H,3H2,1-2H3. The van der Waals surface area contributed by atoms with E-state index in [1.807, 2.05) is 13.0 Å². The van der Waals surface area contributed by atoms with Crippen molar-refractivity contribution in [2.45, 2.75) is 20.3 Å². The highest BCUT2D eigenvalue weighted by atomic mass is 16.7. The van der Waals surface area contributed by atoms with Gasteiger partial charge in [0, 0.05) is 0 Å². The summed E-state index contributed by atoms with van der Waals surface area (Å²) in [4.78, 5) is 5.24. The summed E-state index contributed by atoms with van der Waals surface area (Å²) in [7, 11) is 0. The smallest absolute Gasteiger partial charge is 0.139 e. The van der Waals surface area contributed by atoms with Crippen molar-refractivity contribution >= 4 is 5.69 Å². The monoisotopic (exact) mass is 206 g/mol. The molecular weight excluding hydrogens is 192 g/mol. The fourth-order valence-electron chi connectivity index (χ4n) is 1.71. The molecule has 0 amide bonds. The number of phenolic OH excluding ortho intramolecular Hbond substituents is 1. The molecule has 0 bridgehead atoms. The molecule has 0 fully saturated rings. The van der Waals surface area contributed by atoms with Crippen molar-refractivity contribution in [2.24, 2.45) is 0 Å². The highest BCUT2D eigenvalue weighted by Crippen LogP contribution is 2.30. The number of nitrogens with one attached hydrogen (secondary N) is 1. The van der Waals surface area contributed by atoms with Crippen LogP contribution < -0.4 is 10.6 Å². The first-order chi connectivity index (χ1) is 7.24. The number of hydrazine groups is 1. The quantitative estimate of drug-likeness (QED) is 0.776. The van der Waals surface area contributed by atoms with Crippen LogP contribution in [0.25, 0.3) is 0 Å². The van der Waals surface area contributed by atoms with E-state index < -0.39 is 0 Å². The van der Waals surface area contributed by atoms with Crippen LogP contribution in [0.3, 0.4) is 0 Å². The van der Waals surface area contributed by atoms with Crippen LogP contribution in [-0.2, 0) is 11.3 Å². The van der Waals surface area contributed by atoms with Crippen LogP contribution in [0, 0.1) is 6.92 Å². The molecule has 15 heavy (non-hydrogen) atoms. The molecule has 2 rings (SSSR count). The summed E-state index contributed by atoms with van der Waals surface area (Å²) in [5, 5.41) is 11.2. The van der Waals surface area contributed by atoms with Gasteiger partial charge < -0.3 is 9.94 Å². The largest absolute Gasteiger partial charge is 0.508 e. The van der Waals surface area contributed by atoms with Crippen LogP contribution in [0.1, 0.15) is 18.1 Å². The van der Waals surface area contributed by atoms with Crippen molar-refractivity contribution in [3.05, 3.63) is 35.7 Å². The predicted octanol–water partition coefficient (Wildman–Crippen LogP) is 1.99. The van der Waals surface area contributed by atoms with Crippen LogP contribution in [0.5, 0.6) is 5.75 Å². The Morgan fingerprint density at radius 1 is 1.47 bits per heavy atom. The van der Waals surface area contributed by atoms with Crippen molar-refractivity contribution in [1.29, 1.82) is 0 Å². The molecule has 0 aromatic heterocycles. The number of rotatable bonds is 2. The van der Waals surface area contributed by atoms with E-state index in [2.05, 4.69) is 12.3 Å². The second-order valence-electron chi connectivity index (χ2n) is 3.39. The fraction of sp³-hybridized carbons (Fsp3) is 0.273. The molecule has 0 aliphatic carbocycles. The van der Waals surface area contributed by atoms with E-state index in [0.717, 1.165) is 23.2 Å². The van der Waals surface area contributed by atoms with Gasteiger partial charge in [-0.05, 0) is 36.6 Å². The van der Waals surface area contributed by atoms with Crippen LogP contribution in [0.2, 0.25) is 0 Å². The first kappa shape index (κ1) is 9.71. The van der Waals surface area contributed by atoms with E-state index in [1.165, 1.54) is 0 Å². The molecule has 1 aromatic carbocycles. The molecule has 1 heterocycles. The summed E-state index contributed by atoms with van der Waals surface area (Å²) in [6.45, 7) is 3.95. The zero-order chi connectivity index (χ0) is 10.8. The van der Waals surface area contributed by atoms with Crippen molar-refractivity contribution in [3.63, 3.8) is 0 Å². The maximum Gasteiger partial charge on any atom is 0.139 e. The van der Waals surface area contributed by atoms with Gasteiger partial charge in [-0.25, -0.2) is 0 Å². The number of phenols is 1. The summed E-state index contributed by atoms with van der Waals surface area (Å²) < 4.78 is 0. The minimum Gasteiger partial charge on any atom is -0.508 e. The molecular formula is C11H14N2O2. The number of hydrogen-bond acceptors (Lipinski definition) is 4. The number of anilines is 1. The van der Waals surface area contributed by atoms with Gasteiger partial charge in [-0.3, -0.25) is 5.43 Å². The first-order valence-electron chi connectivity index (χ1n) is 4.93. The highest BCUT2D eigenvalue weighted by Gasteiger charge is 2.16. The van der Waals surface area contributed by atoms with Crippen LogP contribution in [0.4, 0.5) is 5.69 Å². The minimum atomic E-state index is 0.322. The molecule has 0 spiro atoms. The summed E-state index contributed by atoms with van der Waals surface area (Å²) in [6, 6.07) is 3.51. The number of aromatic hydroxyl groups is 1. The predicted molar refractivity (Wildman–Crippen MR) is 58.1 cm³/mol. The maximum atomic E-state index is 9.60. The van der Waals surface area contributed by atoms with E-state index >= 15 is 0 Å². The normalized spacial score (nSPS) is 13.9. The van der Waals surface area contributed by atoms with Gasteiger partial charge in [0.15, 0.2) is 0 Å². The third-order valence-electron chi connectivity index (χ3n) is 2.54. The summed E-state index contributed by atoms with van der Waals surface area (Å²) in [5.74, 6) is 0.322. The van der Waals surface area contributed by atoms with Crippen molar-refractivity contribution < 1.29 is 9.94 Å². The van der Waals surface area contributed by atoms with Gasteiger partial charge >= 0.3 is 0 Å². The molecule has 1 aliphatic heterocycles. The number of benzene rings is 1.